The molecule has 19 heavy (non-hydrogen) atoms. The quantitative estimate of drug-likeness (QED) is 0.903. The van der Waals surface area contributed by atoms with Gasteiger partial charge in [-0.1, -0.05) is 23.7 Å². The molecule has 1 aromatic carbocycles. The maximum atomic E-state index is 12.4. The van der Waals surface area contributed by atoms with Crippen molar-refractivity contribution < 1.29 is 9.90 Å². The van der Waals surface area contributed by atoms with Gasteiger partial charge in [-0.05, 0) is 43.4 Å². The summed E-state index contributed by atoms with van der Waals surface area (Å²) in [7, 11) is 0. The Morgan fingerprint density at radius 2 is 2.00 bits per heavy atom. The highest BCUT2D eigenvalue weighted by atomic mass is 35.5. The molecule has 0 aliphatic carbocycles. The first-order chi connectivity index (χ1) is 9.13. The third-order valence-electron chi connectivity index (χ3n) is 4.24. The van der Waals surface area contributed by atoms with Crippen molar-refractivity contribution in [2.75, 3.05) is 0 Å². The number of hydrogen-bond donors (Lipinski definition) is 1. The van der Waals surface area contributed by atoms with E-state index in [0.717, 1.165) is 31.2 Å². The van der Waals surface area contributed by atoms with Crippen LogP contribution in [0.4, 0.5) is 0 Å². The van der Waals surface area contributed by atoms with Gasteiger partial charge in [-0.3, -0.25) is 4.79 Å². The van der Waals surface area contributed by atoms with Gasteiger partial charge in [0.05, 0.1) is 12.5 Å². The third-order valence-corrected chi connectivity index (χ3v) is 4.48. The van der Waals surface area contributed by atoms with Crippen molar-refractivity contribution >= 4 is 17.5 Å². The van der Waals surface area contributed by atoms with Gasteiger partial charge in [0.2, 0.25) is 5.91 Å². The Hall–Kier alpha value is -1.06. The highest BCUT2D eigenvalue weighted by Gasteiger charge is 2.42. The molecule has 2 heterocycles. The number of fused-ring (bicyclic) bond motifs is 2. The molecule has 4 heteroatoms. The predicted octanol–water partition coefficient (Wildman–Crippen LogP) is 2.40. The third kappa shape index (κ3) is 2.63. The number of halogens is 1. The molecule has 0 saturated carbocycles. The number of aliphatic hydroxyl groups excluding tert-OH is 1. The average Bonchev–Trinajstić information content (AvgIpc) is 2.62. The van der Waals surface area contributed by atoms with Crippen molar-refractivity contribution in [1.82, 2.24) is 4.90 Å². The minimum atomic E-state index is -0.229. The van der Waals surface area contributed by atoms with E-state index in [1.54, 1.807) is 0 Å². The lowest BCUT2D eigenvalue weighted by Gasteiger charge is -2.37. The van der Waals surface area contributed by atoms with Crippen molar-refractivity contribution in [1.29, 1.82) is 0 Å². The van der Waals surface area contributed by atoms with Crippen molar-refractivity contribution in [2.24, 2.45) is 0 Å². The molecular formula is C15H18ClNO2. The Balaban J connectivity index is 1.71. The maximum Gasteiger partial charge on any atom is 0.227 e. The standard InChI is InChI=1S/C15H18ClNO2/c16-11-3-1-2-10(6-11)7-15(19)17-12-4-5-13(17)9-14(18)8-12/h1-3,6,12-14,18H,4-5,7-9H2. The Bertz CT molecular complexity index is 477. The minimum Gasteiger partial charge on any atom is -0.393 e. The number of aliphatic hydroxyl groups is 1. The highest BCUT2D eigenvalue weighted by Crippen LogP contribution is 2.36. The first kappa shape index (κ1) is 12.9. The van der Waals surface area contributed by atoms with Crippen LogP contribution in [0.3, 0.4) is 0 Å². The van der Waals surface area contributed by atoms with E-state index in [1.807, 2.05) is 29.2 Å². The van der Waals surface area contributed by atoms with Crippen molar-refractivity contribution in [3.63, 3.8) is 0 Å². The molecule has 2 unspecified atom stereocenters. The largest absolute Gasteiger partial charge is 0.393 e. The lowest BCUT2D eigenvalue weighted by atomic mass is 9.99. The van der Waals surface area contributed by atoms with Gasteiger partial charge in [0, 0.05) is 17.1 Å². The zero-order valence-electron chi connectivity index (χ0n) is 10.8. The average molecular weight is 280 g/mol. The lowest BCUT2D eigenvalue weighted by molar-refractivity contribution is -0.136. The Kier molecular flexibility index (Phi) is 3.50. The molecule has 0 aromatic heterocycles. The molecule has 1 N–H and O–H groups in total. The van der Waals surface area contributed by atoms with Crippen LogP contribution in [0, 0.1) is 0 Å². The Morgan fingerprint density at radius 3 is 2.63 bits per heavy atom. The van der Waals surface area contributed by atoms with Crippen LogP contribution in [0.15, 0.2) is 24.3 Å². The number of rotatable bonds is 2. The molecule has 2 aliphatic rings. The van der Waals surface area contributed by atoms with Crippen molar-refractivity contribution in [3.8, 4) is 0 Å². The second-order valence-corrected chi connectivity index (χ2v) is 6.05. The molecule has 1 amide bonds. The lowest BCUT2D eigenvalue weighted by Crippen LogP contribution is -2.48. The van der Waals surface area contributed by atoms with Gasteiger partial charge in [0.25, 0.3) is 0 Å². The van der Waals surface area contributed by atoms with E-state index >= 15 is 0 Å². The van der Waals surface area contributed by atoms with Crippen LogP contribution in [-0.2, 0) is 11.2 Å². The zero-order chi connectivity index (χ0) is 13.4. The SMILES string of the molecule is O=C(Cc1cccc(Cl)c1)N1C2CCC1CC(O)C2. The van der Waals surface area contributed by atoms with Gasteiger partial charge in [-0.25, -0.2) is 0 Å². The van der Waals surface area contributed by atoms with E-state index in [4.69, 9.17) is 11.6 Å². The molecular weight excluding hydrogens is 262 g/mol. The van der Waals surface area contributed by atoms with E-state index in [2.05, 4.69) is 0 Å². The summed E-state index contributed by atoms with van der Waals surface area (Å²) < 4.78 is 0. The van der Waals surface area contributed by atoms with Gasteiger partial charge < -0.3 is 10.0 Å². The smallest absolute Gasteiger partial charge is 0.227 e. The first-order valence-corrected chi connectivity index (χ1v) is 7.25. The van der Waals surface area contributed by atoms with Crippen LogP contribution in [0.5, 0.6) is 0 Å². The van der Waals surface area contributed by atoms with Crippen LogP contribution in [0.2, 0.25) is 5.02 Å². The fourth-order valence-corrected chi connectivity index (χ4v) is 3.68. The minimum absolute atomic E-state index is 0.168. The van der Waals surface area contributed by atoms with Crippen LogP contribution in [0.1, 0.15) is 31.2 Å². The van der Waals surface area contributed by atoms with Gasteiger partial charge >= 0.3 is 0 Å². The Morgan fingerprint density at radius 1 is 1.32 bits per heavy atom. The van der Waals surface area contributed by atoms with Gasteiger partial charge in [-0.2, -0.15) is 0 Å². The molecule has 2 atom stereocenters. The number of carbonyl (C=O) groups excluding carboxylic acids is 1. The summed E-state index contributed by atoms with van der Waals surface area (Å²) in [5.74, 6) is 0.168. The molecule has 102 valence electrons. The van der Waals surface area contributed by atoms with E-state index < -0.39 is 0 Å². The van der Waals surface area contributed by atoms with Gasteiger partial charge in [-0.15, -0.1) is 0 Å². The number of amides is 1. The highest BCUT2D eigenvalue weighted by molar-refractivity contribution is 6.30. The molecule has 3 nitrogen and oxygen atoms in total. The van der Waals surface area contributed by atoms with Crippen molar-refractivity contribution in [2.45, 2.75) is 50.3 Å². The fraction of sp³-hybridized carbons (Fsp3) is 0.533. The number of hydrogen-bond acceptors (Lipinski definition) is 2. The van der Waals surface area contributed by atoms with Crippen LogP contribution in [-0.4, -0.2) is 34.1 Å². The molecule has 0 spiro atoms. The van der Waals surface area contributed by atoms with E-state index in [1.165, 1.54) is 0 Å². The van der Waals surface area contributed by atoms with E-state index in [-0.39, 0.29) is 24.1 Å². The molecule has 2 aliphatic heterocycles. The second kappa shape index (κ2) is 5.14. The Labute approximate surface area is 118 Å². The summed E-state index contributed by atoms with van der Waals surface area (Å²) in [6, 6.07) is 7.95. The summed E-state index contributed by atoms with van der Waals surface area (Å²) in [5.41, 5.74) is 0.961. The molecule has 1 aromatic rings. The molecule has 2 bridgehead atoms. The van der Waals surface area contributed by atoms with E-state index in [9.17, 15) is 9.90 Å². The summed E-state index contributed by atoms with van der Waals surface area (Å²) in [6.07, 6.45) is 3.71. The van der Waals surface area contributed by atoms with Gasteiger partial charge in [0.1, 0.15) is 0 Å². The first-order valence-electron chi connectivity index (χ1n) is 6.87. The van der Waals surface area contributed by atoms with Crippen LogP contribution < -0.4 is 0 Å². The monoisotopic (exact) mass is 279 g/mol. The molecule has 0 radical (unpaired) electrons. The zero-order valence-corrected chi connectivity index (χ0v) is 11.5. The maximum absolute atomic E-state index is 12.4. The van der Waals surface area contributed by atoms with Crippen molar-refractivity contribution in [3.05, 3.63) is 34.9 Å². The second-order valence-electron chi connectivity index (χ2n) is 5.62. The summed E-state index contributed by atoms with van der Waals surface area (Å²) in [6.45, 7) is 0. The number of carbonyl (C=O) groups is 1. The molecule has 2 fully saturated rings. The normalized spacial score (nSPS) is 29.6. The number of piperidine rings is 1. The number of benzene rings is 1. The van der Waals surface area contributed by atoms with Crippen LogP contribution in [0.25, 0.3) is 0 Å². The summed E-state index contributed by atoms with van der Waals surface area (Å²) in [4.78, 5) is 14.5. The topological polar surface area (TPSA) is 40.5 Å². The summed E-state index contributed by atoms with van der Waals surface area (Å²) >= 11 is 5.94. The summed E-state index contributed by atoms with van der Waals surface area (Å²) in [5, 5.41) is 10.4. The molecule has 2 saturated heterocycles. The van der Waals surface area contributed by atoms with E-state index in [0.29, 0.717) is 11.4 Å². The number of nitrogens with zero attached hydrogens (tertiary/aromatic N) is 1. The predicted molar refractivity (Wildman–Crippen MR) is 74.1 cm³/mol. The van der Waals surface area contributed by atoms with Gasteiger partial charge in [0.15, 0.2) is 0 Å². The fourth-order valence-electron chi connectivity index (χ4n) is 3.47. The molecule has 3 rings (SSSR count). The van der Waals surface area contributed by atoms with Crippen LogP contribution >= 0.6 is 11.6 Å².